The Morgan fingerprint density at radius 1 is 1.73 bits per heavy atom. The molecule has 0 aliphatic heterocycles. The Bertz CT molecular complexity index is 269. The van der Waals surface area contributed by atoms with E-state index in [1.54, 1.807) is 6.92 Å². The third-order valence-electron chi connectivity index (χ3n) is 1.04. The summed E-state index contributed by atoms with van der Waals surface area (Å²) in [6, 6.07) is 0. The number of aromatic nitrogens is 1. The molecule has 4 nitrogen and oxygen atoms in total. The largest absolute Gasteiger partial charge is 1.00 e. The maximum absolute atomic E-state index is 10.3. The van der Waals surface area contributed by atoms with Crippen molar-refractivity contribution in [3.63, 3.8) is 0 Å². The van der Waals surface area contributed by atoms with Crippen LogP contribution in [0, 0.1) is 13.8 Å². The van der Waals surface area contributed by atoms with Crippen LogP contribution in [-0.2, 0) is 0 Å². The second-order valence-electron chi connectivity index (χ2n) is 1.83. The van der Waals surface area contributed by atoms with E-state index in [4.69, 9.17) is 5.11 Å². The van der Waals surface area contributed by atoms with Crippen molar-refractivity contribution in [2.45, 2.75) is 6.92 Å². The first-order chi connectivity index (χ1) is 4.61. The van der Waals surface area contributed by atoms with Crippen LogP contribution in [0.5, 0.6) is 0 Å². The molecular weight excluding hydrogens is 141 g/mol. The van der Waals surface area contributed by atoms with Gasteiger partial charge in [-0.1, -0.05) is 0 Å². The Hall–Kier alpha value is -0.853. The van der Waals surface area contributed by atoms with Gasteiger partial charge in [-0.2, -0.15) is 0 Å². The summed E-state index contributed by atoms with van der Waals surface area (Å²) in [7, 11) is 0. The first-order valence-corrected chi connectivity index (χ1v) is 2.64. The molecule has 1 N–H and O–H groups in total. The zero-order valence-electron chi connectivity index (χ0n) is 6.42. The zero-order chi connectivity index (χ0) is 7.72. The molecule has 0 aliphatic rings. The van der Waals surface area contributed by atoms with Crippen LogP contribution in [0.4, 0.5) is 0 Å². The molecule has 5 heteroatoms. The number of aromatic carboxylic acids is 1. The molecule has 0 saturated carbocycles. The Morgan fingerprint density at radius 3 is 2.45 bits per heavy atom. The topological polar surface area (TPSA) is 63.3 Å². The van der Waals surface area contributed by atoms with E-state index in [-0.39, 0.29) is 30.5 Å². The van der Waals surface area contributed by atoms with Gasteiger partial charge in [0, 0.05) is 0 Å². The van der Waals surface area contributed by atoms with Gasteiger partial charge in [0.25, 0.3) is 0 Å². The molecule has 0 bridgehead atoms. The molecule has 1 heterocycles. The first-order valence-electron chi connectivity index (χ1n) is 2.64. The predicted octanol–water partition coefficient (Wildman–Crippen LogP) is -2.13. The van der Waals surface area contributed by atoms with Crippen LogP contribution >= 0.6 is 0 Å². The van der Waals surface area contributed by atoms with Crippen LogP contribution in [0.2, 0.25) is 0 Å². The number of hydrogen-bond donors (Lipinski definition) is 1. The van der Waals surface area contributed by atoms with Gasteiger partial charge in [-0.3, -0.25) is 0 Å². The number of rotatable bonds is 1. The summed E-state index contributed by atoms with van der Waals surface area (Å²) >= 11 is 0. The fourth-order valence-electron chi connectivity index (χ4n) is 0.651. The number of carbonyl (C=O) groups is 1. The fraction of sp³-hybridized carbons (Fsp3) is 0.167. The Morgan fingerprint density at radius 2 is 2.27 bits per heavy atom. The van der Waals surface area contributed by atoms with E-state index in [2.05, 4.69) is 16.3 Å². The molecule has 1 aromatic heterocycles. The zero-order valence-corrected chi connectivity index (χ0v) is 6.42. The maximum atomic E-state index is 10.3. The molecule has 0 atom stereocenters. The average Bonchev–Trinajstić information content (AvgIpc) is 2.10. The van der Waals surface area contributed by atoms with Crippen molar-refractivity contribution in [2.75, 3.05) is 0 Å². The number of hydrogen-bond acceptors (Lipinski definition) is 3. The Kier molecular flexibility index (Phi) is 3.24. The van der Waals surface area contributed by atoms with Crippen molar-refractivity contribution < 1.29 is 33.2 Å². The quantitative estimate of drug-likeness (QED) is 0.364. The smallest absolute Gasteiger partial charge is 0.475 e. The molecule has 0 aromatic carbocycles. The van der Waals surface area contributed by atoms with Gasteiger partial charge >= 0.3 is 24.8 Å². The minimum atomic E-state index is -1.11. The second kappa shape index (κ2) is 3.51. The summed E-state index contributed by atoms with van der Waals surface area (Å²) in [6.07, 6.45) is 0. The summed E-state index contributed by atoms with van der Waals surface area (Å²) in [5, 5.41) is 8.42. The standard InChI is InChI=1S/C6H6NO3.Li/c1-3-5(6(8)9)10-4(2)7-3;/h2H2,1H3,(H,8,9);/q-1;+1. The Balaban J connectivity index is 0.000001000. The molecule has 0 spiro atoms. The van der Waals surface area contributed by atoms with E-state index in [0.717, 1.165) is 0 Å². The molecule has 0 radical (unpaired) electrons. The van der Waals surface area contributed by atoms with Crippen LogP contribution in [-0.4, -0.2) is 16.1 Å². The number of nitrogens with zero attached hydrogens (tertiary/aromatic N) is 1. The van der Waals surface area contributed by atoms with Gasteiger partial charge < -0.3 is 16.4 Å². The van der Waals surface area contributed by atoms with Crippen molar-refractivity contribution in [3.8, 4) is 0 Å². The summed E-state index contributed by atoms with van der Waals surface area (Å²) in [6.45, 7) is 4.90. The van der Waals surface area contributed by atoms with E-state index >= 15 is 0 Å². The van der Waals surface area contributed by atoms with Crippen molar-refractivity contribution in [3.05, 3.63) is 24.3 Å². The van der Waals surface area contributed by atoms with Gasteiger partial charge in [-0.15, -0.1) is 0 Å². The van der Waals surface area contributed by atoms with Crippen LogP contribution < -0.4 is 18.9 Å². The van der Waals surface area contributed by atoms with Crippen molar-refractivity contribution >= 4 is 5.97 Å². The fourth-order valence-corrected chi connectivity index (χ4v) is 0.651. The van der Waals surface area contributed by atoms with E-state index in [9.17, 15) is 4.79 Å². The molecule has 11 heavy (non-hydrogen) atoms. The van der Waals surface area contributed by atoms with Crippen LogP contribution in [0.3, 0.4) is 0 Å². The summed E-state index contributed by atoms with van der Waals surface area (Å²) < 4.78 is 4.65. The second-order valence-corrected chi connectivity index (χ2v) is 1.83. The van der Waals surface area contributed by atoms with Crippen LogP contribution in [0.1, 0.15) is 22.1 Å². The third kappa shape index (κ3) is 2.04. The first kappa shape index (κ1) is 10.1. The summed E-state index contributed by atoms with van der Waals surface area (Å²) in [5.74, 6) is -1.11. The monoisotopic (exact) mass is 147 g/mol. The third-order valence-corrected chi connectivity index (χ3v) is 1.04. The minimum Gasteiger partial charge on any atom is -0.475 e. The molecule has 0 amide bonds. The molecule has 0 fully saturated rings. The van der Waals surface area contributed by atoms with Crippen LogP contribution in [0.25, 0.3) is 0 Å². The maximum Gasteiger partial charge on any atom is 1.00 e. The average molecular weight is 147 g/mol. The van der Waals surface area contributed by atoms with Crippen molar-refractivity contribution in [1.82, 2.24) is 4.98 Å². The van der Waals surface area contributed by atoms with E-state index in [0.29, 0.717) is 5.69 Å². The molecular formula is C6H6LiNO3. The predicted molar refractivity (Wildman–Crippen MR) is 32.7 cm³/mol. The summed E-state index contributed by atoms with van der Waals surface area (Å²) in [5.41, 5.74) is 0.359. The SMILES string of the molecule is [CH2-]c1nc(C)c(C(=O)O)o1.[Li+]. The molecule has 54 valence electrons. The molecule has 0 aliphatic carbocycles. The van der Waals surface area contributed by atoms with Gasteiger partial charge in [0.15, 0.2) is 0 Å². The van der Waals surface area contributed by atoms with Gasteiger partial charge in [0.1, 0.15) is 0 Å². The minimum absolute atomic E-state index is 0. The van der Waals surface area contributed by atoms with Crippen LogP contribution in [0.15, 0.2) is 4.42 Å². The number of aryl methyl sites for hydroxylation is 1. The van der Waals surface area contributed by atoms with E-state index < -0.39 is 5.97 Å². The van der Waals surface area contributed by atoms with Crippen molar-refractivity contribution in [1.29, 1.82) is 0 Å². The number of carboxylic acids is 1. The summed E-state index contributed by atoms with van der Waals surface area (Å²) in [4.78, 5) is 13.9. The van der Waals surface area contributed by atoms with E-state index in [1.807, 2.05) is 0 Å². The van der Waals surface area contributed by atoms with Gasteiger partial charge in [0.2, 0.25) is 5.76 Å². The van der Waals surface area contributed by atoms with Crippen molar-refractivity contribution in [2.24, 2.45) is 0 Å². The normalized spacial score (nSPS) is 8.82. The molecule has 1 aromatic rings. The van der Waals surface area contributed by atoms with Gasteiger partial charge in [-0.25, -0.2) is 9.78 Å². The van der Waals surface area contributed by atoms with E-state index in [1.165, 1.54) is 0 Å². The molecule has 1 rings (SSSR count). The molecule has 0 unspecified atom stereocenters. The Labute approximate surface area is 75.8 Å². The van der Waals surface area contributed by atoms with Gasteiger partial charge in [-0.05, 0) is 6.92 Å². The molecule has 0 saturated heterocycles. The van der Waals surface area contributed by atoms with Gasteiger partial charge in [0.05, 0.1) is 11.6 Å². The number of carboxylic acid groups (broad SMARTS) is 1. The number of oxazole rings is 1.